The van der Waals surface area contributed by atoms with Gasteiger partial charge in [0.2, 0.25) is 0 Å². The molecule has 0 fully saturated rings. The third-order valence-corrected chi connectivity index (χ3v) is 4.01. The highest BCUT2D eigenvalue weighted by atomic mass is 35.5. The van der Waals surface area contributed by atoms with Crippen LogP contribution in [0.3, 0.4) is 0 Å². The standard InChI is InChI=1S/C18H27ClO3/c1-5-7-8-15(6-2)12-21-18(20)14(4)22-17-10-9-16(19)11-13(17)3/h9-11,14-15H,5-8,12H2,1-4H3. The summed E-state index contributed by atoms with van der Waals surface area (Å²) < 4.78 is 11.1. The molecule has 3 nitrogen and oxygen atoms in total. The topological polar surface area (TPSA) is 35.5 Å². The van der Waals surface area contributed by atoms with Crippen LogP contribution in [-0.4, -0.2) is 18.7 Å². The van der Waals surface area contributed by atoms with Crippen molar-refractivity contribution in [3.63, 3.8) is 0 Å². The smallest absolute Gasteiger partial charge is 0.347 e. The fourth-order valence-electron chi connectivity index (χ4n) is 2.20. The van der Waals surface area contributed by atoms with E-state index in [0.717, 1.165) is 18.4 Å². The monoisotopic (exact) mass is 326 g/mol. The van der Waals surface area contributed by atoms with E-state index >= 15 is 0 Å². The fraction of sp³-hybridized carbons (Fsp3) is 0.611. The maximum absolute atomic E-state index is 12.0. The summed E-state index contributed by atoms with van der Waals surface area (Å²) in [6, 6.07) is 5.34. The Hall–Kier alpha value is -1.22. The summed E-state index contributed by atoms with van der Waals surface area (Å²) in [6.07, 6.45) is 3.85. The largest absolute Gasteiger partial charge is 0.479 e. The molecule has 0 N–H and O–H groups in total. The minimum absolute atomic E-state index is 0.315. The van der Waals surface area contributed by atoms with Gasteiger partial charge in [0.1, 0.15) is 5.75 Å². The summed E-state index contributed by atoms with van der Waals surface area (Å²) in [4.78, 5) is 12.0. The average Bonchev–Trinajstić information content (AvgIpc) is 2.49. The number of hydrogen-bond donors (Lipinski definition) is 0. The second kappa shape index (κ2) is 9.73. The number of rotatable bonds is 9. The molecule has 124 valence electrons. The molecule has 1 rings (SSSR count). The van der Waals surface area contributed by atoms with Crippen LogP contribution in [-0.2, 0) is 9.53 Å². The normalized spacial score (nSPS) is 13.5. The zero-order chi connectivity index (χ0) is 16.5. The number of aryl methyl sites for hydroxylation is 1. The van der Waals surface area contributed by atoms with Crippen LogP contribution in [0.15, 0.2) is 18.2 Å². The van der Waals surface area contributed by atoms with Crippen molar-refractivity contribution in [2.75, 3.05) is 6.61 Å². The molecule has 0 saturated heterocycles. The van der Waals surface area contributed by atoms with Gasteiger partial charge in [-0.15, -0.1) is 0 Å². The molecule has 0 aromatic heterocycles. The molecule has 0 saturated carbocycles. The Morgan fingerprint density at radius 3 is 2.64 bits per heavy atom. The molecule has 4 heteroatoms. The van der Waals surface area contributed by atoms with Gasteiger partial charge in [-0.3, -0.25) is 0 Å². The number of carbonyl (C=O) groups excluding carboxylic acids is 1. The molecule has 2 unspecified atom stereocenters. The van der Waals surface area contributed by atoms with Gasteiger partial charge < -0.3 is 9.47 Å². The Labute approximate surface area is 139 Å². The molecular formula is C18H27ClO3. The molecule has 0 radical (unpaired) electrons. The third kappa shape index (κ3) is 6.27. The van der Waals surface area contributed by atoms with Gasteiger partial charge in [-0.05, 0) is 49.9 Å². The predicted molar refractivity (Wildman–Crippen MR) is 90.5 cm³/mol. The molecular weight excluding hydrogens is 300 g/mol. The molecule has 1 aromatic carbocycles. The highest BCUT2D eigenvalue weighted by Gasteiger charge is 2.19. The van der Waals surface area contributed by atoms with Crippen LogP contribution in [0.25, 0.3) is 0 Å². The maximum Gasteiger partial charge on any atom is 0.347 e. The second-order valence-electron chi connectivity index (χ2n) is 5.72. The van der Waals surface area contributed by atoms with Gasteiger partial charge >= 0.3 is 5.97 Å². The Kier molecular flexibility index (Phi) is 8.32. The van der Waals surface area contributed by atoms with E-state index in [2.05, 4.69) is 13.8 Å². The van der Waals surface area contributed by atoms with Gasteiger partial charge in [-0.2, -0.15) is 0 Å². The molecule has 2 atom stereocenters. The quantitative estimate of drug-likeness (QED) is 0.587. The SMILES string of the molecule is CCCCC(CC)COC(=O)C(C)Oc1ccc(Cl)cc1C. The van der Waals surface area contributed by atoms with E-state index in [1.807, 2.05) is 13.0 Å². The molecule has 1 aromatic rings. The van der Waals surface area contributed by atoms with Gasteiger partial charge in [0.05, 0.1) is 6.61 Å². The molecule has 0 bridgehead atoms. The summed E-state index contributed by atoms with van der Waals surface area (Å²) in [7, 11) is 0. The van der Waals surface area contributed by atoms with Crippen molar-refractivity contribution >= 4 is 17.6 Å². The summed E-state index contributed by atoms with van der Waals surface area (Å²) in [5.41, 5.74) is 0.904. The number of ether oxygens (including phenoxy) is 2. The van der Waals surface area contributed by atoms with Crippen LogP contribution in [0.2, 0.25) is 5.02 Å². The summed E-state index contributed by atoms with van der Waals surface area (Å²) in [6.45, 7) is 8.39. The minimum atomic E-state index is -0.622. The Morgan fingerprint density at radius 1 is 1.32 bits per heavy atom. The van der Waals surface area contributed by atoms with E-state index < -0.39 is 6.10 Å². The van der Waals surface area contributed by atoms with E-state index in [1.165, 1.54) is 12.8 Å². The number of esters is 1. The zero-order valence-corrected chi connectivity index (χ0v) is 14.8. The number of hydrogen-bond acceptors (Lipinski definition) is 3. The number of carbonyl (C=O) groups is 1. The first kappa shape index (κ1) is 18.8. The van der Waals surface area contributed by atoms with E-state index in [0.29, 0.717) is 23.3 Å². The zero-order valence-electron chi connectivity index (χ0n) is 14.0. The highest BCUT2D eigenvalue weighted by Crippen LogP contribution is 2.23. The highest BCUT2D eigenvalue weighted by molar-refractivity contribution is 6.30. The summed E-state index contributed by atoms with van der Waals surface area (Å²) in [5.74, 6) is 0.782. The van der Waals surface area contributed by atoms with Gasteiger partial charge in [-0.1, -0.05) is 44.7 Å². The first-order valence-corrected chi connectivity index (χ1v) is 8.45. The predicted octanol–water partition coefficient (Wildman–Crippen LogP) is 5.18. The number of benzene rings is 1. The van der Waals surface area contributed by atoms with Crippen molar-refractivity contribution in [3.05, 3.63) is 28.8 Å². The molecule has 0 heterocycles. The molecule has 0 aliphatic rings. The van der Waals surface area contributed by atoms with Gasteiger partial charge in [0.25, 0.3) is 0 Å². The lowest BCUT2D eigenvalue weighted by molar-refractivity contribution is -0.152. The molecule has 0 aliphatic carbocycles. The molecule has 0 aliphatic heterocycles. The molecule has 22 heavy (non-hydrogen) atoms. The van der Waals surface area contributed by atoms with E-state index in [9.17, 15) is 4.79 Å². The van der Waals surface area contributed by atoms with Crippen LogP contribution < -0.4 is 4.74 Å². The van der Waals surface area contributed by atoms with Crippen LogP contribution in [0, 0.1) is 12.8 Å². The van der Waals surface area contributed by atoms with Crippen molar-refractivity contribution < 1.29 is 14.3 Å². The van der Waals surface area contributed by atoms with E-state index in [1.54, 1.807) is 19.1 Å². The van der Waals surface area contributed by atoms with Gasteiger partial charge in [0.15, 0.2) is 6.10 Å². The van der Waals surface area contributed by atoms with Crippen LogP contribution >= 0.6 is 11.6 Å². The lowest BCUT2D eigenvalue weighted by atomic mass is 10.0. The second-order valence-corrected chi connectivity index (χ2v) is 6.15. The first-order valence-electron chi connectivity index (χ1n) is 8.07. The van der Waals surface area contributed by atoms with Crippen molar-refractivity contribution in [1.82, 2.24) is 0 Å². The Balaban J connectivity index is 2.47. The van der Waals surface area contributed by atoms with Crippen LogP contribution in [0.5, 0.6) is 5.75 Å². The maximum atomic E-state index is 12.0. The van der Waals surface area contributed by atoms with Crippen molar-refractivity contribution in [2.24, 2.45) is 5.92 Å². The Morgan fingerprint density at radius 2 is 2.05 bits per heavy atom. The Bertz CT molecular complexity index is 473. The third-order valence-electron chi connectivity index (χ3n) is 3.78. The van der Waals surface area contributed by atoms with Gasteiger partial charge in [0, 0.05) is 5.02 Å². The molecule has 0 spiro atoms. The van der Waals surface area contributed by atoms with Crippen molar-refractivity contribution in [1.29, 1.82) is 0 Å². The molecule has 0 amide bonds. The van der Waals surface area contributed by atoms with Crippen molar-refractivity contribution in [3.8, 4) is 5.75 Å². The summed E-state index contributed by atoms with van der Waals surface area (Å²) in [5, 5.41) is 0.654. The lowest BCUT2D eigenvalue weighted by Crippen LogP contribution is -2.28. The lowest BCUT2D eigenvalue weighted by Gasteiger charge is -2.18. The summed E-state index contributed by atoms with van der Waals surface area (Å²) >= 11 is 5.91. The first-order chi connectivity index (χ1) is 10.5. The minimum Gasteiger partial charge on any atom is -0.479 e. The van der Waals surface area contributed by atoms with E-state index in [-0.39, 0.29) is 5.97 Å². The van der Waals surface area contributed by atoms with Gasteiger partial charge in [-0.25, -0.2) is 4.79 Å². The van der Waals surface area contributed by atoms with E-state index in [4.69, 9.17) is 21.1 Å². The average molecular weight is 327 g/mol. The van der Waals surface area contributed by atoms with Crippen LogP contribution in [0.1, 0.15) is 52.0 Å². The van der Waals surface area contributed by atoms with Crippen LogP contribution in [0.4, 0.5) is 0 Å². The number of halogens is 1. The fourth-order valence-corrected chi connectivity index (χ4v) is 2.43. The number of unbranched alkanes of at least 4 members (excludes halogenated alkanes) is 1. The van der Waals surface area contributed by atoms with Crippen molar-refractivity contribution in [2.45, 2.75) is 59.5 Å².